The van der Waals surface area contributed by atoms with Gasteiger partial charge >= 0.3 is 5.97 Å². The molecular formula is C30H32N2O4. The van der Waals surface area contributed by atoms with Gasteiger partial charge in [0.05, 0.1) is 24.1 Å². The molecule has 2 heterocycles. The molecule has 5 rings (SSSR count). The fourth-order valence-electron chi connectivity index (χ4n) is 5.95. The minimum absolute atomic E-state index is 0.142. The number of hydrogen-bond acceptors (Lipinski definition) is 4. The van der Waals surface area contributed by atoms with Crippen molar-refractivity contribution in [1.29, 1.82) is 0 Å². The summed E-state index contributed by atoms with van der Waals surface area (Å²) in [7, 11) is 0. The van der Waals surface area contributed by atoms with Crippen molar-refractivity contribution in [3.05, 3.63) is 89.2 Å². The first-order valence-corrected chi connectivity index (χ1v) is 12.9. The first kappa shape index (κ1) is 24.0. The largest absolute Gasteiger partial charge is 0.461 e. The van der Waals surface area contributed by atoms with Gasteiger partial charge in [0.25, 0.3) is 0 Å². The molecular weight excluding hydrogens is 452 g/mol. The summed E-state index contributed by atoms with van der Waals surface area (Å²) in [5.41, 5.74) is 4.08. The van der Waals surface area contributed by atoms with Gasteiger partial charge in [0, 0.05) is 12.7 Å². The Bertz CT molecular complexity index is 1260. The fraction of sp³-hybridized carbons (Fsp3) is 0.367. The molecule has 0 spiro atoms. The van der Waals surface area contributed by atoms with Crippen LogP contribution in [0.4, 0.5) is 5.69 Å². The number of carbonyl (C=O) groups is 3. The smallest absolute Gasteiger partial charge is 0.355 e. The Labute approximate surface area is 211 Å². The van der Waals surface area contributed by atoms with E-state index in [1.54, 1.807) is 19.1 Å². The van der Waals surface area contributed by atoms with Gasteiger partial charge in [0.2, 0.25) is 11.8 Å². The van der Waals surface area contributed by atoms with Crippen LogP contribution in [0.5, 0.6) is 0 Å². The van der Waals surface area contributed by atoms with Gasteiger partial charge < -0.3 is 9.30 Å². The molecule has 1 aromatic heterocycles. The lowest BCUT2D eigenvalue weighted by Crippen LogP contribution is -2.33. The van der Waals surface area contributed by atoms with E-state index < -0.39 is 11.8 Å². The maximum atomic E-state index is 13.8. The monoisotopic (exact) mass is 484 g/mol. The van der Waals surface area contributed by atoms with Crippen molar-refractivity contribution in [2.75, 3.05) is 11.5 Å². The van der Waals surface area contributed by atoms with E-state index in [0.717, 1.165) is 36.0 Å². The van der Waals surface area contributed by atoms with E-state index >= 15 is 0 Å². The average molecular weight is 485 g/mol. The number of aromatic nitrogens is 1. The minimum atomic E-state index is -0.475. The molecule has 1 fully saturated rings. The van der Waals surface area contributed by atoms with Crippen molar-refractivity contribution >= 4 is 23.5 Å². The van der Waals surface area contributed by atoms with Gasteiger partial charge in [-0.15, -0.1) is 0 Å². The van der Waals surface area contributed by atoms with E-state index in [-0.39, 0.29) is 30.3 Å². The van der Waals surface area contributed by atoms with Gasteiger partial charge in [-0.1, -0.05) is 68.3 Å². The summed E-state index contributed by atoms with van der Waals surface area (Å²) in [5, 5.41) is 0. The lowest BCUT2D eigenvalue weighted by molar-refractivity contribution is -0.122. The number of benzene rings is 2. The number of fused-ring (bicyclic) bond motifs is 2. The molecule has 3 aromatic rings. The summed E-state index contributed by atoms with van der Waals surface area (Å²) < 4.78 is 7.47. The topological polar surface area (TPSA) is 68.6 Å². The lowest BCUT2D eigenvalue weighted by atomic mass is 9.69. The van der Waals surface area contributed by atoms with Gasteiger partial charge in [0.1, 0.15) is 5.69 Å². The molecule has 1 saturated heterocycles. The molecule has 0 bridgehead atoms. The number of imide groups is 1. The number of nitrogens with zero attached hydrogens (tertiary/aromatic N) is 2. The second-order valence-corrected chi connectivity index (χ2v) is 9.68. The molecule has 1 aliphatic heterocycles. The van der Waals surface area contributed by atoms with Gasteiger partial charge in [-0.25, -0.2) is 4.79 Å². The third-order valence-corrected chi connectivity index (χ3v) is 7.47. The van der Waals surface area contributed by atoms with Crippen LogP contribution in [0, 0.1) is 11.8 Å². The summed E-state index contributed by atoms with van der Waals surface area (Å²) in [5.74, 6) is -1.77. The number of esters is 1. The number of anilines is 1. The zero-order chi connectivity index (χ0) is 25.2. The molecule has 0 saturated carbocycles. The highest BCUT2D eigenvalue weighted by molar-refractivity contribution is 6.22. The highest BCUT2D eigenvalue weighted by atomic mass is 16.5. The zero-order valence-corrected chi connectivity index (χ0v) is 20.9. The summed E-state index contributed by atoms with van der Waals surface area (Å²) >= 11 is 0. The second-order valence-electron chi connectivity index (χ2n) is 9.68. The number of hydrogen-bond donors (Lipinski definition) is 0. The Hall–Kier alpha value is -3.67. The molecule has 6 nitrogen and oxygen atoms in total. The van der Waals surface area contributed by atoms with Crippen molar-refractivity contribution in [3.8, 4) is 0 Å². The molecule has 0 radical (unpaired) electrons. The molecule has 2 aliphatic rings. The van der Waals surface area contributed by atoms with Crippen molar-refractivity contribution in [1.82, 2.24) is 4.57 Å². The molecule has 6 heteroatoms. The lowest BCUT2D eigenvalue weighted by Gasteiger charge is -2.31. The van der Waals surface area contributed by atoms with Crippen LogP contribution >= 0.6 is 0 Å². The molecule has 0 N–H and O–H groups in total. The quantitative estimate of drug-likeness (QED) is 0.319. The third kappa shape index (κ3) is 4.15. The number of amides is 2. The van der Waals surface area contributed by atoms with Gasteiger partial charge in [0.15, 0.2) is 0 Å². The number of unbranched alkanes of at least 4 members (excludes halogenated alkanes) is 1. The van der Waals surface area contributed by atoms with E-state index in [4.69, 9.17) is 4.74 Å². The number of para-hydroxylation sites is 1. The van der Waals surface area contributed by atoms with Crippen LogP contribution in [0.1, 0.15) is 66.2 Å². The average Bonchev–Trinajstić information content (AvgIpc) is 3.37. The zero-order valence-electron chi connectivity index (χ0n) is 20.9. The van der Waals surface area contributed by atoms with E-state index in [1.807, 2.05) is 59.3 Å². The molecule has 2 aromatic carbocycles. The normalized spacial score (nSPS) is 20.8. The Morgan fingerprint density at radius 3 is 2.33 bits per heavy atom. The summed E-state index contributed by atoms with van der Waals surface area (Å²) in [4.78, 5) is 42.1. The van der Waals surface area contributed by atoms with Crippen LogP contribution in [0.3, 0.4) is 0 Å². The second kappa shape index (κ2) is 10.1. The van der Waals surface area contributed by atoms with E-state index in [1.165, 1.54) is 4.90 Å². The first-order chi connectivity index (χ1) is 17.5. The molecule has 186 valence electrons. The highest BCUT2D eigenvalue weighted by Gasteiger charge is 2.55. The third-order valence-electron chi connectivity index (χ3n) is 7.47. The van der Waals surface area contributed by atoms with Crippen LogP contribution in [0.15, 0.2) is 66.9 Å². The van der Waals surface area contributed by atoms with Crippen molar-refractivity contribution in [2.24, 2.45) is 11.8 Å². The summed E-state index contributed by atoms with van der Waals surface area (Å²) in [6, 6.07) is 19.1. The van der Waals surface area contributed by atoms with Crippen LogP contribution in [-0.4, -0.2) is 29.0 Å². The molecule has 36 heavy (non-hydrogen) atoms. The van der Waals surface area contributed by atoms with E-state index in [0.29, 0.717) is 24.3 Å². The van der Waals surface area contributed by atoms with Gasteiger partial charge in [-0.05, 0) is 54.5 Å². The first-order valence-electron chi connectivity index (χ1n) is 12.9. The molecule has 0 unspecified atom stereocenters. The Morgan fingerprint density at radius 2 is 1.67 bits per heavy atom. The van der Waals surface area contributed by atoms with Crippen molar-refractivity contribution in [3.63, 3.8) is 0 Å². The molecule has 2 amide bonds. The minimum Gasteiger partial charge on any atom is -0.461 e. The van der Waals surface area contributed by atoms with Gasteiger partial charge in [-0.3, -0.25) is 14.5 Å². The Kier molecular flexibility index (Phi) is 6.77. The SMILES string of the molecule is CCCC[C@H]1c2c(cn(Cc3ccccc3)c2C(=O)OCC)C[C@H]2C(=O)N(c3ccccc3)C(=O)[C@H]21. The Balaban J connectivity index is 1.61. The summed E-state index contributed by atoms with van der Waals surface area (Å²) in [6.45, 7) is 4.72. The van der Waals surface area contributed by atoms with Crippen molar-refractivity contribution < 1.29 is 19.1 Å². The maximum absolute atomic E-state index is 13.8. The maximum Gasteiger partial charge on any atom is 0.355 e. The number of rotatable bonds is 8. The van der Waals surface area contributed by atoms with Crippen LogP contribution < -0.4 is 4.90 Å². The van der Waals surface area contributed by atoms with Gasteiger partial charge in [-0.2, -0.15) is 0 Å². The van der Waals surface area contributed by atoms with Crippen LogP contribution in [0.2, 0.25) is 0 Å². The van der Waals surface area contributed by atoms with Crippen LogP contribution in [-0.2, 0) is 27.3 Å². The number of carbonyl (C=O) groups excluding carboxylic acids is 3. The standard InChI is InChI=1S/C30H32N2O4/c1-3-5-16-23-25-21(17-24-26(23)29(34)32(28(24)33)22-14-10-7-11-15-22)19-31(27(25)30(35)36-4-2)18-20-12-8-6-9-13-20/h6-15,19,23-24,26H,3-5,16-18H2,1-2H3/t23-,24+,26-/m0/s1. The highest BCUT2D eigenvalue weighted by Crippen LogP contribution is 2.50. The predicted molar refractivity (Wildman–Crippen MR) is 138 cm³/mol. The number of ether oxygens (including phenoxy) is 1. The summed E-state index contributed by atoms with van der Waals surface area (Å²) in [6.07, 6.45) is 5.07. The van der Waals surface area contributed by atoms with Crippen molar-refractivity contribution in [2.45, 2.75) is 52.0 Å². The predicted octanol–water partition coefficient (Wildman–Crippen LogP) is 5.35. The Morgan fingerprint density at radius 1 is 0.972 bits per heavy atom. The van der Waals surface area contributed by atoms with E-state index in [2.05, 4.69) is 6.92 Å². The molecule has 3 atom stereocenters. The van der Waals surface area contributed by atoms with Crippen LogP contribution in [0.25, 0.3) is 0 Å². The van der Waals surface area contributed by atoms with E-state index in [9.17, 15) is 14.4 Å². The molecule has 1 aliphatic carbocycles. The fourth-order valence-corrected chi connectivity index (χ4v) is 5.95.